The van der Waals surface area contributed by atoms with Crippen LogP contribution in [0.4, 0.5) is 0 Å². The third kappa shape index (κ3) is 11.5. The molecule has 0 aromatic carbocycles. The topological polar surface area (TPSA) is 72.5 Å². The van der Waals surface area contributed by atoms with Gasteiger partial charge >= 0.3 is 0 Å². The van der Waals surface area contributed by atoms with Gasteiger partial charge in [0.2, 0.25) is 0 Å². The van der Waals surface area contributed by atoms with Gasteiger partial charge in [0.1, 0.15) is 6.29 Å². The van der Waals surface area contributed by atoms with Gasteiger partial charge in [-0.2, -0.15) is 0 Å². The van der Waals surface area contributed by atoms with Gasteiger partial charge in [-0.1, -0.05) is 50.5 Å². The highest BCUT2D eigenvalue weighted by molar-refractivity contribution is 5.49. The van der Waals surface area contributed by atoms with Crippen LogP contribution >= 0.6 is 0 Å². The summed E-state index contributed by atoms with van der Waals surface area (Å²) >= 11 is 0. The average Bonchev–Trinajstić information content (AvgIpc) is 3.32. The highest BCUT2D eigenvalue weighted by Crippen LogP contribution is 2.42. The van der Waals surface area contributed by atoms with E-state index in [0.717, 1.165) is 116 Å². The molecule has 0 bridgehead atoms. The molecule has 7 nitrogen and oxygen atoms in total. The highest BCUT2D eigenvalue weighted by Gasteiger charge is 2.45. The van der Waals surface area contributed by atoms with E-state index in [2.05, 4.69) is 31.2 Å². The second kappa shape index (κ2) is 19.2. The van der Waals surface area contributed by atoms with Gasteiger partial charge < -0.3 is 33.2 Å². The molecule has 3 aliphatic heterocycles. The monoisotopic (exact) mass is 576 g/mol. The lowest BCUT2D eigenvalue weighted by Gasteiger charge is -2.30. The van der Waals surface area contributed by atoms with Gasteiger partial charge in [0.15, 0.2) is 18.9 Å². The Morgan fingerprint density at radius 3 is 2.05 bits per heavy atom. The summed E-state index contributed by atoms with van der Waals surface area (Å²) in [6.45, 7) is 4.57. The van der Waals surface area contributed by atoms with Crippen molar-refractivity contribution in [3.63, 3.8) is 0 Å². The van der Waals surface area contributed by atoms with Crippen molar-refractivity contribution in [1.82, 2.24) is 0 Å². The van der Waals surface area contributed by atoms with Crippen LogP contribution in [0.15, 0.2) is 24.3 Å². The number of rotatable bonds is 17. The molecule has 0 radical (unpaired) electrons. The van der Waals surface area contributed by atoms with E-state index in [1.807, 2.05) is 0 Å². The lowest BCUT2D eigenvalue weighted by Crippen LogP contribution is -2.31. The van der Waals surface area contributed by atoms with Crippen molar-refractivity contribution < 1.29 is 33.2 Å². The summed E-state index contributed by atoms with van der Waals surface area (Å²) in [5.74, 6) is 0.425. The van der Waals surface area contributed by atoms with Crippen molar-refractivity contribution in [2.75, 3.05) is 19.8 Å². The van der Waals surface area contributed by atoms with E-state index in [1.54, 1.807) is 0 Å². The minimum absolute atomic E-state index is 0.0125. The molecule has 0 aromatic rings. The van der Waals surface area contributed by atoms with Crippen LogP contribution in [-0.4, -0.2) is 63.3 Å². The molecule has 3 heterocycles. The average molecular weight is 577 g/mol. The zero-order chi connectivity index (χ0) is 28.5. The van der Waals surface area contributed by atoms with Gasteiger partial charge in [-0.15, -0.1) is 0 Å². The van der Waals surface area contributed by atoms with Crippen LogP contribution in [0, 0.1) is 11.8 Å². The first-order valence-electron chi connectivity index (χ1n) is 16.8. The van der Waals surface area contributed by atoms with Crippen LogP contribution in [0.25, 0.3) is 0 Å². The van der Waals surface area contributed by atoms with E-state index in [9.17, 15) is 4.79 Å². The maximum absolute atomic E-state index is 10.8. The maximum Gasteiger partial charge on any atom is 0.158 e. The highest BCUT2D eigenvalue weighted by atomic mass is 16.7. The number of carbonyl (C=O) groups is 1. The smallest absolute Gasteiger partial charge is 0.158 e. The molecule has 4 unspecified atom stereocenters. The number of allylic oxidation sites excluding steroid dienone is 2. The first-order chi connectivity index (χ1) is 20.3. The molecule has 0 N–H and O–H groups in total. The Morgan fingerprint density at radius 1 is 0.780 bits per heavy atom. The van der Waals surface area contributed by atoms with Crippen LogP contribution in [0.1, 0.15) is 116 Å². The minimum Gasteiger partial charge on any atom is -0.353 e. The molecule has 4 fully saturated rings. The predicted molar refractivity (Wildman–Crippen MR) is 159 cm³/mol. The lowest BCUT2D eigenvalue weighted by atomic mass is 9.89. The minimum atomic E-state index is -0.148. The molecular formula is C34H56O7. The zero-order valence-electron chi connectivity index (χ0n) is 25.5. The number of hydrogen-bond donors (Lipinski definition) is 0. The first-order valence-corrected chi connectivity index (χ1v) is 16.8. The first kappa shape index (κ1) is 32.8. The molecule has 4 rings (SSSR count). The van der Waals surface area contributed by atoms with Crippen molar-refractivity contribution in [3.8, 4) is 0 Å². The number of carbonyl (C=O) groups excluding carboxylic acids is 1. The van der Waals surface area contributed by atoms with Crippen LogP contribution in [0.2, 0.25) is 0 Å². The molecule has 0 spiro atoms. The second-order valence-corrected chi connectivity index (χ2v) is 12.2. The van der Waals surface area contributed by atoms with Crippen LogP contribution in [-0.2, 0) is 33.2 Å². The Hall–Kier alpha value is -1.09. The summed E-state index contributed by atoms with van der Waals surface area (Å²) < 4.78 is 37.9. The molecule has 1 aliphatic carbocycles. The van der Waals surface area contributed by atoms with Crippen molar-refractivity contribution in [2.45, 2.75) is 153 Å². The summed E-state index contributed by atoms with van der Waals surface area (Å²) in [5, 5.41) is 0. The third-order valence-electron chi connectivity index (χ3n) is 8.93. The molecule has 3 saturated heterocycles. The van der Waals surface area contributed by atoms with Gasteiger partial charge in [-0.25, -0.2) is 0 Å². The van der Waals surface area contributed by atoms with Gasteiger partial charge in [0.25, 0.3) is 0 Å². The van der Waals surface area contributed by atoms with Crippen LogP contribution < -0.4 is 0 Å². The summed E-state index contributed by atoms with van der Waals surface area (Å²) in [5.41, 5.74) is 0. The SMILES string of the molecule is CCCCCC(C=C[C@@H]1[C@@H](CC=CCCC=O)[C@@H](OC2CCCCO2)C[C@H]1OC1CCCCO1)OC1CCCCO1. The molecule has 0 amide bonds. The molecule has 8 atom stereocenters. The normalized spacial score (nSPS) is 33.9. The van der Waals surface area contributed by atoms with Crippen molar-refractivity contribution >= 4 is 6.29 Å². The Balaban J connectivity index is 1.52. The van der Waals surface area contributed by atoms with E-state index in [-0.39, 0.29) is 49.0 Å². The summed E-state index contributed by atoms with van der Waals surface area (Å²) in [6, 6.07) is 0. The van der Waals surface area contributed by atoms with Gasteiger partial charge in [-0.05, 0) is 83.0 Å². The molecule has 7 heteroatoms. The number of aldehydes is 1. The van der Waals surface area contributed by atoms with Gasteiger partial charge in [0.05, 0.1) is 18.3 Å². The van der Waals surface area contributed by atoms with E-state index >= 15 is 0 Å². The summed E-state index contributed by atoms with van der Waals surface area (Å²) in [4.78, 5) is 10.8. The molecule has 0 aromatic heterocycles. The Labute approximate surface area is 248 Å². The standard InChI is InChI=1S/C34H56O7/c1-2-3-6-15-27(39-32-17-8-12-23-36-32)20-21-29-28(16-7-4-5-11-22-35)30(40-33-18-9-13-24-37-33)26-31(29)41-34-19-10-14-25-38-34/h4,7,20-22,27-34H,2-3,5-6,8-19,23-26H2,1H3/t27?,28-,29-,30+,31-,32?,33?,34?/m1/s1. The number of hydrogen-bond acceptors (Lipinski definition) is 7. The maximum atomic E-state index is 10.8. The molecule has 41 heavy (non-hydrogen) atoms. The van der Waals surface area contributed by atoms with Gasteiger partial charge in [-0.3, -0.25) is 0 Å². The largest absolute Gasteiger partial charge is 0.353 e. The summed E-state index contributed by atoms with van der Waals surface area (Å²) in [7, 11) is 0. The predicted octanol–water partition coefficient (Wildman–Crippen LogP) is 7.42. The van der Waals surface area contributed by atoms with E-state index < -0.39 is 0 Å². The Kier molecular flexibility index (Phi) is 15.4. The van der Waals surface area contributed by atoms with Crippen molar-refractivity contribution in [2.24, 2.45) is 11.8 Å². The van der Waals surface area contributed by atoms with E-state index in [4.69, 9.17) is 28.4 Å². The second-order valence-electron chi connectivity index (χ2n) is 12.2. The fourth-order valence-electron chi connectivity index (χ4n) is 6.60. The molecule has 234 valence electrons. The molecular weight excluding hydrogens is 520 g/mol. The van der Waals surface area contributed by atoms with Crippen molar-refractivity contribution in [1.29, 1.82) is 0 Å². The molecule has 4 aliphatic rings. The van der Waals surface area contributed by atoms with Crippen molar-refractivity contribution in [3.05, 3.63) is 24.3 Å². The lowest BCUT2D eigenvalue weighted by molar-refractivity contribution is -0.203. The van der Waals surface area contributed by atoms with E-state index in [1.165, 1.54) is 12.8 Å². The summed E-state index contributed by atoms with van der Waals surface area (Å²) in [6.07, 6.45) is 26.9. The van der Waals surface area contributed by atoms with Crippen LogP contribution in [0.3, 0.4) is 0 Å². The fraction of sp³-hybridized carbons (Fsp3) is 0.853. The van der Waals surface area contributed by atoms with E-state index in [0.29, 0.717) is 6.42 Å². The quantitative estimate of drug-likeness (QED) is 0.101. The Morgan fingerprint density at radius 2 is 1.44 bits per heavy atom. The van der Waals surface area contributed by atoms with Gasteiger partial charge in [0, 0.05) is 38.6 Å². The molecule has 1 saturated carbocycles. The zero-order valence-corrected chi connectivity index (χ0v) is 25.5. The fourth-order valence-corrected chi connectivity index (χ4v) is 6.60. The number of ether oxygens (including phenoxy) is 6. The third-order valence-corrected chi connectivity index (χ3v) is 8.93. The van der Waals surface area contributed by atoms with Crippen LogP contribution in [0.5, 0.6) is 0 Å². The Bertz CT molecular complexity index is 752. The number of unbranched alkanes of at least 4 members (excludes halogenated alkanes) is 3.